The topological polar surface area (TPSA) is 131 Å². The molecule has 33 heavy (non-hydrogen) atoms. The van der Waals surface area contributed by atoms with Crippen LogP contribution < -0.4 is 13.8 Å². The van der Waals surface area contributed by atoms with Gasteiger partial charge in [0.1, 0.15) is 11.5 Å². The molecule has 3 aromatic rings. The Morgan fingerprint density at radius 2 is 1.64 bits per heavy atom. The fraction of sp³-hybridized carbons (Fsp3) is 0.136. The zero-order valence-electron chi connectivity index (χ0n) is 17.8. The molecule has 0 spiro atoms. The van der Waals surface area contributed by atoms with Gasteiger partial charge in [-0.25, -0.2) is 4.79 Å². The number of aryl methyl sites for hydroxylation is 1. The van der Waals surface area contributed by atoms with Gasteiger partial charge in [-0.15, -0.1) is 0 Å². The molecule has 1 atom stereocenters. The van der Waals surface area contributed by atoms with Gasteiger partial charge in [0.15, 0.2) is 0 Å². The van der Waals surface area contributed by atoms with E-state index >= 15 is 0 Å². The summed E-state index contributed by atoms with van der Waals surface area (Å²) >= 11 is -2.74. The highest BCUT2D eigenvalue weighted by Gasteiger charge is 2.22. The second kappa shape index (κ2) is 10.1. The van der Waals surface area contributed by atoms with Crippen LogP contribution in [0.4, 0.5) is 17.1 Å². The number of nitro benzene ring substituents is 1. The first kappa shape index (κ1) is 23.7. The van der Waals surface area contributed by atoms with Crippen LogP contribution in [-0.4, -0.2) is 33.9 Å². The third kappa shape index (κ3) is 5.27. The van der Waals surface area contributed by atoms with Crippen LogP contribution in [0.5, 0.6) is 17.2 Å². The van der Waals surface area contributed by atoms with E-state index in [2.05, 4.69) is 0 Å². The first-order valence-electron chi connectivity index (χ1n) is 9.44. The van der Waals surface area contributed by atoms with Crippen molar-refractivity contribution in [3.8, 4) is 17.2 Å². The van der Waals surface area contributed by atoms with Crippen molar-refractivity contribution in [2.24, 2.45) is 0 Å². The third-order valence-electron chi connectivity index (χ3n) is 4.59. The largest absolute Gasteiger partial charge is 0.755 e. The van der Waals surface area contributed by atoms with E-state index in [1.807, 2.05) is 6.92 Å². The number of esters is 1. The van der Waals surface area contributed by atoms with Gasteiger partial charge in [0, 0.05) is 12.1 Å². The summed E-state index contributed by atoms with van der Waals surface area (Å²) in [4.78, 5) is 23.0. The van der Waals surface area contributed by atoms with Gasteiger partial charge < -0.3 is 18.8 Å². The molecule has 0 aromatic heterocycles. The molecule has 11 heteroatoms. The molecule has 0 aliphatic rings. The smallest absolute Gasteiger partial charge is 0.340 e. The number of hydrogen-bond donors (Lipinski definition) is 0. The van der Waals surface area contributed by atoms with Crippen molar-refractivity contribution in [2.75, 3.05) is 18.5 Å². The second-order valence-electron chi connectivity index (χ2n) is 6.71. The molecule has 172 valence electrons. The Kier molecular flexibility index (Phi) is 7.26. The van der Waals surface area contributed by atoms with Gasteiger partial charge in [0.05, 0.1) is 47.3 Å². The summed E-state index contributed by atoms with van der Waals surface area (Å²) in [7, 11) is 2.46. The lowest BCUT2D eigenvalue weighted by atomic mass is 10.1. The number of nitro groups is 1. The lowest BCUT2D eigenvalue weighted by molar-refractivity contribution is -0.385. The van der Waals surface area contributed by atoms with Crippen molar-refractivity contribution in [3.63, 3.8) is 0 Å². The molecule has 10 nitrogen and oxygen atoms in total. The normalized spacial score (nSPS) is 11.4. The molecule has 0 N–H and O–H groups in total. The van der Waals surface area contributed by atoms with Crippen molar-refractivity contribution in [3.05, 3.63) is 81.9 Å². The highest BCUT2D eigenvalue weighted by atomic mass is 32.2. The van der Waals surface area contributed by atoms with Gasteiger partial charge in [0.25, 0.3) is 0 Å². The molecule has 0 radical (unpaired) electrons. The lowest BCUT2D eigenvalue weighted by Crippen LogP contribution is -2.22. The highest BCUT2D eigenvalue weighted by molar-refractivity contribution is 7.81. The van der Waals surface area contributed by atoms with Gasteiger partial charge in [-0.2, -0.15) is 0 Å². The van der Waals surface area contributed by atoms with Crippen molar-refractivity contribution in [1.82, 2.24) is 0 Å². The Bertz CT molecular complexity index is 1210. The maximum atomic E-state index is 12.5. The van der Waals surface area contributed by atoms with Gasteiger partial charge in [-0.05, 0) is 43.3 Å². The predicted molar refractivity (Wildman–Crippen MR) is 120 cm³/mol. The van der Waals surface area contributed by atoms with Crippen LogP contribution in [0.3, 0.4) is 0 Å². The number of rotatable bonds is 8. The number of ether oxygens (including phenoxy) is 3. The fourth-order valence-electron chi connectivity index (χ4n) is 3.02. The van der Waals surface area contributed by atoms with Crippen molar-refractivity contribution in [1.29, 1.82) is 0 Å². The molecule has 0 fully saturated rings. The minimum atomic E-state index is -2.74. The van der Waals surface area contributed by atoms with E-state index in [1.165, 1.54) is 50.6 Å². The molecule has 1 unspecified atom stereocenters. The number of carbonyl (C=O) groups is 1. The van der Waals surface area contributed by atoms with E-state index in [9.17, 15) is 23.7 Å². The number of nitrogens with zero attached hydrogens (tertiary/aromatic N) is 2. The molecule has 0 bridgehead atoms. The zero-order chi connectivity index (χ0) is 24.1. The van der Waals surface area contributed by atoms with Crippen LogP contribution in [0.2, 0.25) is 0 Å². The number of anilines is 2. The first-order valence-corrected chi connectivity index (χ1v) is 10.5. The minimum Gasteiger partial charge on any atom is -0.755 e. The summed E-state index contributed by atoms with van der Waals surface area (Å²) in [6, 6.07) is 14.8. The fourth-order valence-corrected chi connectivity index (χ4v) is 3.64. The summed E-state index contributed by atoms with van der Waals surface area (Å²) in [6.07, 6.45) is 0. The average molecular weight is 471 g/mol. The van der Waals surface area contributed by atoms with Crippen LogP contribution >= 0.6 is 0 Å². The molecule has 0 heterocycles. The lowest BCUT2D eigenvalue weighted by Gasteiger charge is -2.28. The van der Waals surface area contributed by atoms with E-state index in [-0.39, 0.29) is 34.2 Å². The van der Waals surface area contributed by atoms with Gasteiger partial charge >= 0.3 is 11.7 Å². The van der Waals surface area contributed by atoms with E-state index in [4.69, 9.17) is 14.2 Å². The maximum absolute atomic E-state index is 12.5. The van der Waals surface area contributed by atoms with E-state index in [0.717, 1.165) is 9.87 Å². The van der Waals surface area contributed by atoms with Crippen molar-refractivity contribution >= 4 is 34.3 Å². The Labute approximate surface area is 191 Å². The van der Waals surface area contributed by atoms with E-state index < -0.39 is 22.2 Å². The quantitative estimate of drug-likeness (QED) is 0.204. The standard InChI is InChI=1S/C22H20N2O8S/c1-14-4-6-15(7-5-14)23(33(28)29)19-10-8-16(12-18(19)22(25)31-3)32-17-9-11-20(24(26)27)21(13-17)30-2/h4-13H,1-3H3,(H,28,29)/p-1. The Morgan fingerprint density at radius 1 is 1.00 bits per heavy atom. The van der Waals surface area contributed by atoms with E-state index in [1.54, 1.807) is 24.3 Å². The summed E-state index contributed by atoms with van der Waals surface area (Å²) in [6.45, 7) is 1.86. The summed E-state index contributed by atoms with van der Waals surface area (Å²) in [5.74, 6) is -0.395. The van der Waals surface area contributed by atoms with Gasteiger partial charge in [-0.1, -0.05) is 17.7 Å². The second-order valence-corrected chi connectivity index (χ2v) is 7.51. The third-order valence-corrected chi connectivity index (χ3v) is 5.30. The average Bonchev–Trinajstić information content (AvgIpc) is 2.80. The van der Waals surface area contributed by atoms with Crippen molar-refractivity contribution in [2.45, 2.75) is 6.92 Å². The highest BCUT2D eigenvalue weighted by Crippen LogP contribution is 2.36. The molecule has 0 saturated carbocycles. The SMILES string of the molecule is COC(=O)c1cc(Oc2ccc([N+](=O)[O-])c(OC)c2)ccc1N(c1ccc(C)cc1)S(=O)[O-]. The molecule has 0 aliphatic heterocycles. The van der Waals surface area contributed by atoms with Crippen LogP contribution in [0, 0.1) is 17.0 Å². The van der Waals surface area contributed by atoms with Gasteiger partial charge in [-0.3, -0.25) is 18.6 Å². The van der Waals surface area contributed by atoms with Crippen molar-refractivity contribution < 1.29 is 32.7 Å². The summed E-state index contributed by atoms with van der Waals surface area (Å²) < 4.78 is 40.7. The number of hydrogen-bond acceptors (Lipinski definition) is 8. The molecule has 3 rings (SSSR count). The number of carbonyl (C=O) groups excluding carboxylic acids is 1. The molecule has 0 amide bonds. The minimum absolute atomic E-state index is 0.00499. The molecular weight excluding hydrogens is 452 g/mol. The van der Waals surface area contributed by atoms with Crippen LogP contribution in [0.25, 0.3) is 0 Å². The van der Waals surface area contributed by atoms with Crippen LogP contribution in [-0.2, 0) is 16.0 Å². The first-order chi connectivity index (χ1) is 15.7. The monoisotopic (exact) mass is 471 g/mol. The van der Waals surface area contributed by atoms with Gasteiger partial charge in [0.2, 0.25) is 5.75 Å². The maximum Gasteiger partial charge on any atom is 0.340 e. The summed E-state index contributed by atoms with van der Waals surface area (Å²) in [5, 5.41) is 11.1. The summed E-state index contributed by atoms with van der Waals surface area (Å²) in [5.41, 5.74) is 1.03. The number of benzene rings is 3. The molecule has 0 aliphatic carbocycles. The zero-order valence-corrected chi connectivity index (χ0v) is 18.7. The predicted octanol–water partition coefficient (Wildman–Crippen LogP) is 4.42. The Balaban J connectivity index is 2.03. The Morgan fingerprint density at radius 3 is 2.21 bits per heavy atom. The molecular formula is C22H19N2O8S-. The Hall–Kier alpha value is -3.96. The van der Waals surface area contributed by atoms with Crippen LogP contribution in [0.1, 0.15) is 15.9 Å². The van der Waals surface area contributed by atoms with Crippen LogP contribution in [0.15, 0.2) is 60.7 Å². The molecule has 3 aromatic carbocycles. The number of methoxy groups -OCH3 is 2. The molecule has 0 saturated heterocycles. The van der Waals surface area contributed by atoms with E-state index in [0.29, 0.717) is 5.69 Å².